The van der Waals surface area contributed by atoms with Crippen LogP contribution in [0.2, 0.25) is 0 Å². The molecule has 1 aliphatic carbocycles. The molecule has 0 heterocycles. The molecule has 1 aliphatic rings. The van der Waals surface area contributed by atoms with Crippen molar-refractivity contribution in [2.45, 2.75) is 58.5 Å². The predicted octanol–water partition coefficient (Wildman–Crippen LogP) is 3.14. The van der Waals surface area contributed by atoms with Gasteiger partial charge in [0.05, 0.1) is 12.7 Å². The van der Waals surface area contributed by atoms with Gasteiger partial charge in [-0.3, -0.25) is 0 Å². The third-order valence-corrected chi connectivity index (χ3v) is 3.52. The van der Waals surface area contributed by atoms with Crippen molar-refractivity contribution in [1.82, 2.24) is 0 Å². The molecule has 0 spiro atoms. The molecular weight excluding hydrogens is 238 g/mol. The average molecular weight is 267 g/mol. The monoisotopic (exact) mass is 267 g/mol. The van der Waals surface area contributed by atoms with Gasteiger partial charge < -0.3 is 15.6 Å². The summed E-state index contributed by atoms with van der Waals surface area (Å²) in [4.78, 5) is 0. The van der Waals surface area contributed by atoms with Crippen LogP contribution in [0, 0.1) is 5.92 Å². The Morgan fingerprint density at radius 1 is 1.47 bits per heavy atom. The fourth-order valence-electron chi connectivity index (χ4n) is 2.32. The third kappa shape index (κ3) is 6.26. The zero-order chi connectivity index (χ0) is 14.1. The summed E-state index contributed by atoms with van der Waals surface area (Å²) in [6.07, 6.45) is 9.82. The van der Waals surface area contributed by atoms with Crippen molar-refractivity contribution in [2.24, 2.45) is 11.7 Å². The molecule has 0 saturated carbocycles. The molecule has 1 unspecified atom stereocenters. The largest absolute Gasteiger partial charge is 0.494 e. The standard InChI is InChI=1S/C16H29NO2/c1-3-4-5-10-19-15-7-6-13(2)11-14(12-15)16(18)8-9-17/h7,12-13,16,18H,3-6,8-11,17H2,1-2H3/t13-,16?/m0/s1. The predicted molar refractivity (Wildman–Crippen MR) is 79.7 cm³/mol. The van der Waals surface area contributed by atoms with Crippen molar-refractivity contribution in [3.8, 4) is 0 Å². The van der Waals surface area contributed by atoms with Crippen molar-refractivity contribution in [1.29, 1.82) is 0 Å². The second-order valence-electron chi connectivity index (χ2n) is 5.52. The molecule has 0 aliphatic heterocycles. The number of aliphatic hydroxyl groups excluding tert-OH is 1. The van der Waals surface area contributed by atoms with Crippen LogP contribution in [0.3, 0.4) is 0 Å². The maximum absolute atomic E-state index is 10.1. The van der Waals surface area contributed by atoms with E-state index in [1.165, 1.54) is 12.8 Å². The van der Waals surface area contributed by atoms with Crippen LogP contribution in [-0.4, -0.2) is 24.4 Å². The second-order valence-corrected chi connectivity index (χ2v) is 5.52. The molecule has 3 heteroatoms. The summed E-state index contributed by atoms with van der Waals surface area (Å²) in [5.41, 5.74) is 6.59. The Kier molecular flexibility index (Phi) is 7.84. The van der Waals surface area contributed by atoms with E-state index >= 15 is 0 Å². The van der Waals surface area contributed by atoms with Crippen molar-refractivity contribution in [3.63, 3.8) is 0 Å². The molecule has 0 saturated heterocycles. The lowest BCUT2D eigenvalue weighted by atomic mass is 9.95. The molecule has 0 radical (unpaired) electrons. The number of nitrogens with two attached hydrogens (primary N) is 1. The SMILES string of the molecule is CCCCCOC1=CC[C@H](C)CC(C(O)CCN)=C1. The Morgan fingerprint density at radius 2 is 2.26 bits per heavy atom. The van der Waals surface area contributed by atoms with Crippen molar-refractivity contribution >= 4 is 0 Å². The molecule has 0 fully saturated rings. The zero-order valence-electron chi connectivity index (χ0n) is 12.4. The molecule has 0 amide bonds. The Hall–Kier alpha value is -0.800. The fraction of sp³-hybridized carbons (Fsp3) is 0.750. The molecule has 3 N–H and O–H groups in total. The maximum Gasteiger partial charge on any atom is 0.115 e. The number of ether oxygens (including phenoxy) is 1. The van der Waals surface area contributed by atoms with Gasteiger partial charge >= 0.3 is 0 Å². The second kappa shape index (κ2) is 9.16. The minimum absolute atomic E-state index is 0.423. The average Bonchev–Trinajstić information content (AvgIpc) is 2.57. The smallest absolute Gasteiger partial charge is 0.115 e. The van der Waals surface area contributed by atoms with Crippen molar-refractivity contribution in [3.05, 3.63) is 23.5 Å². The molecule has 1 rings (SSSR count). The quantitative estimate of drug-likeness (QED) is 0.664. The van der Waals surface area contributed by atoms with Gasteiger partial charge in [-0.1, -0.05) is 26.7 Å². The summed E-state index contributed by atoms with van der Waals surface area (Å²) >= 11 is 0. The molecule has 110 valence electrons. The summed E-state index contributed by atoms with van der Waals surface area (Å²) in [7, 11) is 0. The lowest BCUT2D eigenvalue weighted by Gasteiger charge is -2.16. The van der Waals surface area contributed by atoms with E-state index in [1.54, 1.807) is 0 Å². The van der Waals surface area contributed by atoms with E-state index < -0.39 is 6.10 Å². The van der Waals surface area contributed by atoms with E-state index in [4.69, 9.17) is 10.5 Å². The van der Waals surface area contributed by atoms with Crippen molar-refractivity contribution < 1.29 is 9.84 Å². The van der Waals surface area contributed by atoms with E-state index in [-0.39, 0.29) is 0 Å². The van der Waals surface area contributed by atoms with Gasteiger partial charge in [0.2, 0.25) is 0 Å². The van der Waals surface area contributed by atoms with Crippen LogP contribution in [0.1, 0.15) is 52.4 Å². The first kappa shape index (κ1) is 16.3. The Balaban J connectivity index is 2.58. The van der Waals surface area contributed by atoms with Gasteiger partial charge in [-0.05, 0) is 55.9 Å². The lowest BCUT2D eigenvalue weighted by molar-refractivity contribution is 0.192. The minimum Gasteiger partial charge on any atom is -0.494 e. The van der Waals surface area contributed by atoms with E-state index in [0.717, 1.165) is 37.2 Å². The van der Waals surface area contributed by atoms with Crippen molar-refractivity contribution in [2.75, 3.05) is 13.2 Å². The third-order valence-electron chi connectivity index (χ3n) is 3.52. The zero-order valence-corrected chi connectivity index (χ0v) is 12.4. The molecule has 0 bridgehead atoms. The highest BCUT2D eigenvalue weighted by Crippen LogP contribution is 2.26. The van der Waals surface area contributed by atoms with Gasteiger partial charge in [-0.25, -0.2) is 0 Å². The van der Waals surface area contributed by atoms with Gasteiger partial charge in [-0.2, -0.15) is 0 Å². The molecule has 0 aromatic carbocycles. The highest BCUT2D eigenvalue weighted by atomic mass is 16.5. The molecule has 3 nitrogen and oxygen atoms in total. The molecule has 0 aromatic rings. The first-order valence-corrected chi connectivity index (χ1v) is 7.58. The van der Waals surface area contributed by atoms with Gasteiger partial charge in [-0.15, -0.1) is 0 Å². The van der Waals surface area contributed by atoms with Crippen LogP contribution in [-0.2, 0) is 4.74 Å². The van der Waals surface area contributed by atoms with Crippen LogP contribution in [0.15, 0.2) is 23.5 Å². The Bertz CT molecular complexity index is 310. The van der Waals surface area contributed by atoms with Gasteiger partial charge in [0.1, 0.15) is 5.76 Å². The summed E-state index contributed by atoms with van der Waals surface area (Å²) in [6, 6.07) is 0. The highest BCUT2D eigenvalue weighted by Gasteiger charge is 2.17. The highest BCUT2D eigenvalue weighted by molar-refractivity contribution is 5.24. The summed E-state index contributed by atoms with van der Waals surface area (Å²) < 4.78 is 5.81. The van der Waals surface area contributed by atoms with E-state index in [9.17, 15) is 5.11 Å². The van der Waals surface area contributed by atoms with Crippen LogP contribution in [0.5, 0.6) is 0 Å². The van der Waals surface area contributed by atoms with E-state index in [2.05, 4.69) is 19.9 Å². The molecule has 0 aromatic heterocycles. The van der Waals surface area contributed by atoms with Crippen LogP contribution in [0.25, 0.3) is 0 Å². The number of unbranched alkanes of at least 4 members (excludes halogenated alkanes) is 2. The van der Waals surface area contributed by atoms with Gasteiger partial charge in [0.25, 0.3) is 0 Å². The first-order valence-electron chi connectivity index (χ1n) is 7.58. The number of hydrogen-bond acceptors (Lipinski definition) is 3. The fourth-order valence-corrected chi connectivity index (χ4v) is 2.32. The number of aliphatic hydroxyl groups is 1. The van der Waals surface area contributed by atoms with E-state index in [0.29, 0.717) is 18.9 Å². The van der Waals surface area contributed by atoms with Gasteiger partial charge in [0, 0.05) is 0 Å². The summed E-state index contributed by atoms with van der Waals surface area (Å²) in [6.45, 7) is 5.68. The first-order chi connectivity index (χ1) is 9.17. The molecule has 19 heavy (non-hydrogen) atoms. The summed E-state index contributed by atoms with van der Waals surface area (Å²) in [5, 5.41) is 10.1. The Labute approximate surface area is 117 Å². The molecular formula is C16H29NO2. The minimum atomic E-state index is -0.423. The van der Waals surface area contributed by atoms with Gasteiger partial charge in [0.15, 0.2) is 0 Å². The number of rotatable bonds is 8. The number of hydrogen-bond donors (Lipinski definition) is 2. The Morgan fingerprint density at radius 3 is 2.95 bits per heavy atom. The maximum atomic E-state index is 10.1. The van der Waals surface area contributed by atoms with Crippen LogP contribution in [0.4, 0.5) is 0 Å². The lowest BCUT2D eigenvalue weighted by Crippen LogP contribution is -2.17. The summed E-state index contributed by atoms with van der Waals surface area (Å²) in [5.74, 6) is 1.47. The number of allylic oxidation sites excluding steroid dienone is 2. The van der Waals surface area contributed by atoms with Crippen LogP contribution < -0.4 is 5.73 Å². The normalized spacial score (nSPS) is 21.4. The topological polar surface area (TPSA) is 55.5 Å². The van der Waals surface area contributed by atoms with E-state index in [1.807, 2.05) is 6.08 Å². The van der Waals surface area contributed by atoms with Crippen LogP contribution >= 0.6 is 0 Å². The molecule has 2 atom stereocenters.